The van der Waals surface area contributed by atoms with Crippen LogP contribution in [0.15, 0.2) is 54.6 Å². The molecule has 1 heterocycles. The number of nitrogens with one attached hydrogen (secondary N) is 2. The molecule has 0 aromatic heterocycles. The number of hydrogen-bond acceptors (Lipinski definition) is 3. The van der Waals surface area contributed by atoms with Crippen molar-refractivity contribution in [1.82, 2.24) is 10.2 Å². The molecule has 0 radical (unpaired) electrons. The van der Waals surface area contributed by atoms with Gasteiger partial charge in [-0.3, -0.25) is 4.79 Å². The first-order valence-electron chi connectivity index (χ1n) is 8.58. The maximum absolute atomic E-state index is 12.3. The zero-order valence-electron chi connectivity index (χ0n) is 14.4. The molecular formula is C20H23N3OS. The number of nitrogens with zero attached hydrogens (tertiary/aromatic N) is 1. The molecule has 1 saturated heterocycles. The van der Waals surface area contributed by atoms with Gasteiger partial charge in [0.1, 0.15) is 0 Å². The first kappa shape index (κ1) is 17.6. The van der Waals surface area contributed by atoms with Gasteiger partial charge in [0, 0.05) is 12.2 Å². The minimum Gasteiger partial charge on any atom is -0.332 e. The average molecular weight is 353 g/mol. The van der Waals surface area contributed by atoms with Gasteiger partial charge in [-0.2, -0.15) is 0 Å². The van der Waals surface area contributed by atoms with Crippen LogP contribution < -0.4 is 10.6 Å². The molecule has 1 fully saturated rings. The van der Waals surface area contributed by atoms with Crippen molar-refractivity contribution in [3.8, 4) is 11.1 Å². The molecule has 2 aromatic carbocycles. The number of carbonyl (C=O) groups is 1. The number of carbonyl (C=O) groups excluding carboxylic acids is 1. The minimum atomic E-state index is 0.00459. The number of likely N-dealkylation sites (tertiary alicyclic amines) is 1. The van der Waals surface area contributed by atoms with Gasteiger partial charge >= 0.3 is 0 Å². The number of anilines is 1. The predicted octanol–water partition coefficient (Wildman–Crippen LogP) is 3.51. The van der Waals surface area contributed by atoms with Gasteiger partial charge in [-0.1, -0.05) is 42.5 Å². The molecule has 25 heavy (non-hydrogen) atoms. The van der Waals surface area contributed by atoms with Crippen LogP contribution in [0.3, 0.4) is 0 Å². The molecule has 4 nitrogen and oxygen atoms in total. The summed E-state index contributed by atoms with van der Waals surface area (Å²) in [6.07, 6.45) is 1.97. The van der Waals surface area contributed by atoms with E-state index >= 15 is 0 Å². The lowest BCUT2D eigenvalue weighted by atomic mass is 9.98. The number of thiocarbonyl (C=S) groups is 1. The smallest absolute Gasteiger partial charge is 0.230 e. The van der Waals surface area contributed by atoms with Crippen LogP contribution in [0.5, 0.6) is 0 Å². The molecule has 2 N–H and O–H groups in total. The Morgan fingerprint density at radius 3 is 2.44 bits per heavy atom. The lowest BCUT2D eigenvalue weighted by Gasteiger charge is -2.28. The van der Waals surface area contributed by atoms with E-state index < -0.39 is 0 Å². The molecule has 0 saturated carbocycles. The number of hydrogen-bond donors (Lipinski definition) is 2. The average Bonchev–Trinajstić information content (AvgIpc) is 2.63. The fourth-order valence-corrected chi connectivity index (χ4v) is 3.35. The molecular weight excluding hydrogens is 330 g/mol. The van der Waals surface area contributed by atoms with Crippen LogP contribution in [-0.4, -0.2) is 36.1 Å². The minimum absolute atomic E-state index is 0.00459. The molecule has 0 bridgehead atoms. The molecule has 5 heteroatoms. The van der Waals surface area contributed by atoms with E-state index in [4.69, 9.17) is 12.2 Å². The van der Waals surface area contributed by atoms with Crippen LogP contribution in [0, 0.1) is 5.92 Å². The summed E-state index contributed by atoms with van der Waals surface area (Å²) in [7, 11) is 2.05. The van der Waals surface area contributed by atoms with E-state index in [1.165, 1.54) is 5.56 Å². The van der Waals surface area contributed by atoms with E-state index in [0.717, 1.165) is 37.2 Å². The Morgan fingerprint density at radius 1 is 1.08 bits per heavy atom. The Balaban J connectivity index is 1.55. The Labute approximate surface area is 154 Å². The van der Waals surface area contributed by atoms with E-state index in [0.29, 0.717) is 5.11 Å². The maximum Gasteiger partial charge on any atom is 0.230 e. The molecule has 1 aliphatic rings. The van der Waals surface area contributed by atoms with Crippen molar-refractivity contribution in [3.63, 3.8) is 0 Å². The normalized spacial score (nSPS) is 17.7. The summed E-state index contributed by atoms with van der Waals surface area (Å²) in [6, 6.07) is 18.2. The highest BCUT2D eigenvalue weighted by Crippen LogP contribution is 2.21. The first-order valence-corrected chi connectivity index (χ1v) is 8.98. The summed E-state index contributed by atoms with van der Waals surface area (Å²) in [5.74, 6) is 0.0175. The van der Waals surface area contributed by atoms with Crippen molar-refractivity contribution in [2.75, 3.05) is 25.5 Å². The molecule has 130 valence electrons. The summed E-state index contributed by atoms with van der Waals surface area (Å²) in [5.41, 5.74) is 3.18. The lowest BCUT2D eigenvalue weighted by Crippen LogP contribution is -2.44. The summed E-state index contributed by atoms with van der Waals surface area (Å²) in [5, 5.41) is 6.26. The van der Waals surface area contributed by atoms with E-state index in [2.05, 4.69) is 27.7 Å². The van der Waals surface area contributed by atoms with Gasteiger partial charge in [0.25, 0.3) is 0 Å². The van der Waals surface area contributed by atoms with E-state index in [1.54, 1.807) is 0 Å². The molecule has 3 rings (SSSR count). The van der Waals surface area contributed by atoms with Gasteiger partial charge in [0.15, 0.2) is 5.11 Å². The Morgan fingerprint density at radius 2 is 1.76 bits per heavy atom. The zero-order valence-corrected chi connectivity index (χ0v) is 15.2. The number of benzene rings is 2. The third kappa shape index (κ3) is 4.87. The van der Waals surface area contributed by atoms with E-state index in [9.17, 15) is 4.79 Å². The molecule has 0 spiro atoms. The predicted molar refractivity (Wildman–Crippen MR) is 106 cm³/mol. The van der Waals surface area contributed by atoms with E-state index in [-0.39, 0.29) is 11.8 Å². The SMILES string of the molecule is CN1CCCC(C(=O)NC(=S)Nc2ccc(-c3ccccc3)cc2)C1. The zero-order chi connectivity index (χ0) is 17.6. The molecule has 1 atom stereocenters. The van der Waals surface area contributed by atoms with Crippen molar-refractivity contribution >= 4 is 28.9 Å². The topological polar surface area (TPSA) is 44.4 Å². The second kappa shape index (κ2) is 8.23. The fourth-order valence-electron chi connectivity index (χ4n) is 3.13. The highest BCUT2D eigenvalue weighted by molar-refractivity contribution is 7.80. The van der Waals surface area contributed by atoms with Crippen molar-refractivity contribution in [2.24, 2.45) is 5.92 Å². The van der Waals surface area contributed by atoms with Crippen LogP contribution in [0.2, 0.25) is 0 Å². The number of rotatable bonds is 3. The maximum atomic E-state index is 12.3. The van der Waals surface area contributed by atoms with Crippen molar-refractivity contribution in [3.05, 3.63) is 54.6 Å². The molecule has 1 aliphatic heterocycles. The number of piperidine rings is 1. The first-order chi connectivity index (χ1) is 12.1. The largest absolute Gasteiger partial charge is 0.332 e. The third-order valence-electron chi connectivity index (χ3n) is 4.48. The molecule has 0 aliphatic carbocycles. The van der Waals surface area contributed by atoms with Gasteiger partial charge in [0.2, 0.25) is 5.91 Å². The number of amides is 1. The van der Waals surface area contributed by atoms with Crippen LogP contribution in [-0.2, 0) is 4.79 Å². The van der Waals surface area contributed by atoms with Crippen molar-refractivity contribution in [2.45, 2.75) is 12.8 Å². The lowest BCUT2D eigenvalue weighted by molar-refractivity contribution is -0.125. The van der Waals surface area contributed by atoms with Crippen LogP contribution in [0.4, 0.5) is 5.69 Å². The Kier molecular flexibility index (Phi) is 5.79. The molecule has 1 amide bonds. The second-order valence-corrected chi connectivity index (χ2v) is 6.90. The fraction of sp³-hybridized carbons (Fsp3) is 0.300. The van der Waals surface area contributed by atoms with Gasteiger partial charge in [-0.05, 0) is 61.9 Å². The Bertz CT molecular complexity index is 730. The molecule has 2 aromatic rings. The van der Waals surface area contributed by atoms with Crippen LogP contribution in [0.1, 0.15) is 12.8 Å². The monoisotopic (exact) mass is 353 g/mol. The van der Waals surface area contributed by atoms with Gasteiger partial charge in [0.05, 0.1) is 5.92 Å². The molecule has 1 unspecified atom stereocenters. The highest BCUT2D eigenvalue weighted by atomic mass is 32.1. The quantitative estimate of drug-likeness (QED) is 0.829. The second-order valence-electron chi connectivity index (χ2n) is 6.49. The standard InChI is InChI=1S/C20H23N3OS/c1-23-13-5-8-17(14-23)19(24)22-20(25)21-18-11-9-16(10-12-18)15-6-3-2-4-7-15/h2-4,6-7,9-12,17H,5,8,13-14H2,1H3,(H2,21,22,24,25). The van der Waals surface area contributed by atoms with Gasteiger partial charge in [-0.15, -0.1) is 0 Å². The van der Waals surface area contributed by atoms with Crippen molar-refractivity contribution in [1.29, 1.82) is 0 Å². The van der Waals surface area contributed by atoms with Crippen LogP contribution in [0.25, 0.3) is 11.1 Å². The Hall–Kier alpha value is -2.24. The third-order valence-corrected chi connectivity index (χ3v) is 4.69. The highest BCUT2D eigenvalue weighted by Gasteiger charge is 2.24. The summed E-state index contributed by atoms with van der Waals surface area (Å²) < 4.78 is 0. The van der Waals surface area contributed by atoms with Gasteiger partial charge in [-0.25, -0.2) is 0 Å². The van der Waals surface area contributed by atoms with E-state index in [1.807, 2.05) is 49.5 Å². The summed E-state index contributed by atoms with van der Waals surface area (Å²) in [6.45, 7) is 1.85. The van der Waals surface area contributed by atoms with Gasteiger partial charge < -0.3 is 15.5 Å². The van der Waals surface area contributed by atoms with Crippen LogP contribution >= 0.6 is 12.2 Å². The van der Waals surface area contributed by atoms with Crippen molar-refractivity contribution < 1.29 is 4.79 Å². The summed E-state index contributed by atoms with van der Waals surface area (Å²) >= 11 is 5.28. The summed E-state index contributed by atoms with van der Waals surface area (Å²) in [4.78, 5) is 14.5.